The minimum Gasteiger partial charge on any atom is -0.307 e. The highest BCUT2D eigenvalue weighted by Gasteiger charge is 2.14. The van der Waals surface area contributed by atoms with Gasteiger partial charge < -0.3 is 4.57 Å². The van der Waals surface area contributed by atoms with Crippen molar-refractivity contribution in [1.29, 1.82) is 0 Å². The number of nitrogens with zero attached hydrogens (tertiary/aromatic N) is 3. The summed E-state index contributed by atoms with van der Waals surface area (Å²) in [6.45, 7) is 2.49. The van der Waals surface area contributed by atoms with Crippen LogP contribution in [0.1, 0.15) is 21.7 Å². The first-order chi connectivity index (χ1) is 11.5. The lowest BCUT2D eigenvalue weighted by molar-refractivity contribution is 0.0965. The largest absolute Gasteiger partial charge is 0.307 e. The number of ketones is 1. The van der Waals surface area contributed by atoms with Crippen molar-refractivity contribution in [1.82, 2.24) is 14.3 Å². The molecule has 5 nitrogen and oxygen atoms in total. The van der Waals surface area contributed by atoms with Gasteiger partial charge in [-0.1, -0.05) is 30.3 Å². The SMILES string of the molecule is Cc1cc(C(=O)Cn2cc(Br)ccc2=O)nn1Cc1ccccc1. The molecule has 0 atom stereocenters. The van der Waals surface area contributed by atoms with Crippen LogP contribution in [0.5, 0.6) is 0 Å². The molecule has 3 aromatic rings. The second kappa shape index (κ2) is 6.97. The van der Waals surface area contributed by atoms with E-state index in [-0.39, 0.29) is 17.9 Å². The van der Waals surface area contributed by atoms with Crippen LogP contribution in [0.4, 0.5) is 0 Å². The van der Waals surface area contributed by atoms with Crippen molar-refractivity contribution in [3.8, 4) is 0 Å². The molecule has 0 aliphatic carbocycles. The number of halogens is 1. The van der Waals surface area contributed by atoms with E-state index in [4.69, 9.17) is 0 Å². The predicted octanol–water partition coefficient (Wildman–Crippen LogP) is 3.05. The van der Waals surface area contributed by atoms with Crippen molar-refractivity contribution in [2.24, 2.45) is 0 Å². The number of rotatable bonds is 5. The summed E-state index contributed by atoms with van der Waals surface area (Å²) < 4.78 is 3.92. The van der Waals surface area contributed by atoms with Gasteiger partial charge in [0.1, 0.15) is 5.69 Å². The summed E-state index contributed by atoms with van der Waals surface area (Å²) in [5, 5.41) is 4.39. The van der Waals surface area contributed by atoms with Gasteiger partial charge in [0.15, 0.2) is 0 Å². The Hall–Kier alpha value is -2.47. The molecule has 0 spiro atoms. The first kappa shape index (κ1) is 16.4. The van der Waals surface area contributed by atoms with E-state index in [0.29, 0.717) is 12.2 Å². The van der Waals surface area contributed by atoms with Gasteiger partial charge in [0, 0.05) is 22.4 Å². The van der Waals surface area contributed by atoms with Crippen LogP contribution in [-0.4, -0.2) is 20.1 Å². The summed E-state index contributed by atoms with van der Waals surface area (Å²) >= 11 is 3.30. The molecule has 0 unspecified atom stereocenters. The maximum atomic E-state index is 12.4. The molecular formula is C18H16BrN3O2. The third-order valence-corrected chi connectivity index (χ3v) is 4.17. The van der Waals surface area contributed by atoms with Crippen LogP contribution in [0.25, 0.3) is 0 Å². The van der Waals surface area contributed by atoms with Crippen molar-refractivity contribution >= 4 is 21.7 Å². The molecule has 6 heteroatoms. The summed E-state index contributed by atoms with van der Waals surface area (Å²) in [6.07, 6.45) is 1.61. The Morgan fingerprint density at radius 3 is 2.67 bits per heavy atom. The number of benzene rings is 1. The topological polar surface area (TPSA) is 56.9 Å². The van der Waals surface area contributed by atoms with Crippen LogP contribution in [-0.2, 0) is 13.1 Å². The van der Waals surface area contributed by atoms with Crippen molar-refractivity contribution in [2.75, 3.05) is 0 Å². The summed E-state index contributed by atoms with van der Waals surface area (Å²) in [4.78, 5) is 24.3. The maximum Gasteiger partial charge on any atom is 0.251 e. The van der Waals surface area contributed by atoms with Gasteiger partial charge in [-0.25, -0.2) is 0 Å². The third-order valence-electron chi connectivity index (χ3n) is 3.70. The zero-order valence-corrected chi connectivity index (χ0v) is 14.7. The minimum atomic E-state index is -0.216. The standard InChI is InChI=1S/C18H16BrN3O2/c1-13-9-16(20-22(13)10-14-5-3-2-4-6-14)17(23)12-21-11-15(19)7-8-18(21)24/h2-9,11H,10,12H2,1H3. The van der Waals surface area contributed by atoms with Gasteiger partial charge >= 0.3 is 0 Å². The quantitative estimate of drug-likeness (QED) is 0.634. The van der Waals surface area contributed by atoms with Gasteiger partial charge in [0.2, 0.25) is 5.78 Å². The smallest absolute Gasteiger partial charge is 0.251 e. The van der Waals surface area contributed by atoms with Crippen LogP contribution >= 0.6 is 15.9 Å². The van der Waals surface area contributed by atoms with Crippen molar-refractivity contribution in [3.05, 3.63) is 86.5 Å². The highest BCUT2D eigenvalue weighted by atomic mass is 79.9. The Labute approximate surface area is 147 Å². The Balaban J connectivity index is 1.80. The molecule has 2 aromatic heterocycles. The number of hydrogen-bond acceptors (Lipinski definition) is 3. The van der Waals surface area contributed by atoms with Crippen molar-refractivity contribution in [2.45, 2.75) is 20.0 Å². The van der Waals surface area contributed by atoms with Gasteiger partial charge in [-0.05, 0) is 40.5 Å². The van der Waals surface area contributed by atoms with Crippen LogP contribution in [0, 0.1) is 6.92 Å². The summed E-state index contributed by atoms with van der Waals surface area (Å²) in [7, 11) is 0. The molecule has 0 aliphatic heterocycles. The molecule has 122 valence electrons. The Kier molecular flexibility index (Phi) is 4.76. The third kappa shape index (κ3) is 3.71. The van der Waals surface area contributed by atoms with Crippen LogP contribution in [0.15, 0.2) is 64.0 Å². The first-order valence-electron chi connectivity index (χ1n) is 7.50. The lowest BCUT2D eigenvalue weighted by Crippen LogP contribution is -2.23. The second-order valence-electron chi connectivity index (χ2n) is 5.55. The zero-order valence-electron chi connectivity index (χ0n) is 13.1. The van der Waals surface area contributed by atoms with Crippen molar-refractivity contribution < 1.29 is 4.79 Å². The summed E-state index contributed by atoms with van der Waals surface area (Å²) in [6, 6.07) is 14.8. The van der Waals surface area contributed by atoms with E-state index in [1.165, 1.54) is 10.6 Å². The lowest BCUT2D eigenvalue weighted by atomic mass is 10.2. The molecule has 0 bridgehead atoms. The van der Waals surface area contributed by atoms with Gasteiger partial charge in [0.05, 0.1) is 13.1 Å². The molecule has 0 fully saturated rings. The highest BCUT2D eigenvalue weighted by molar-refractivity contribution is 9.10. The fraction of sp³-hybridized carbons (Fsp3) is 0.167. The Morgan fingerprint density at radius 1 is 1.17 bits per heavy atom. The molecule has 2 heterocycles. The van der Waals surface area contributed by atoms with E-state index in [2.05, 4.69) is 21.0 Å². The number of aromatic nitrogens is 3. The second-order valence-corrected chi connectivity index (χ2v) is 6.47. The molecule has 0 saturated heterocycles. The molecule has 1 aromatic carbocycles. The highest BCUT2D eigenvalue weighted by Crippen LogP contribution is 2.10. The van der Waals surface area contributed by atoms with Gasteiger partial charge in [-0.3, -0.25) is 14.3 Å². The molecule has 0 N–H and O–H groups in total. The Bertz CT molecular complexity index is 929. The summed E-state index contributed by atoms with van der Waals surface area (Å²) in [5.41, 5.74) is 2.18. The average molecular weight is 386 g/mol. The van der Waals surface area contributed by atoms with Crippen LogP contribution in [0.3, 0.4) is 0 Å². The molecule has 0 amide bonds. The number of pyridine rings is 1. The lowest BCUT2D eigenvalue weighted by Gasteiger charge is -2.05. The van der Waals surface area contributed by atoms with Gasteiger partial charge in [0.25, 0.3) is 5.56 Å². The number of hydrogen-bond donors (Lipinski definition) is 0. The predicted molar refractivity (Wildman–Crippen MR) is 95.2 cm³/mol. The van der Waals surface area contributed by atoms with E-state index in [9.17, 15) is 9.59 Å². The fourth-order valence-electron chi connectivity index (χ4n) is 2.42. The van der Waals surface area contributed by atoms with Crippen molar-refractivity contribution in [3.63, 3.8) is 0 Å². The van der Waals surface area contributed by atoms with E-state index >= 15 is 0 Å². The van der Waals surface area contributed by atoms with Crippen LogP contribution in [0.2, 0.25) is 0 Å². The van der Waals surface area contributed by atoms with E-state index in [1.807, 2.05) is 37.3 Å². The van der Waals surface area contributed by atoms with Gasteiger partial charge in [-0.2, -0.15) is 5.10 Å². The summed E-state index contributed by atoms with van der Waals surface area (Å²) in [5.74, 6) is -0.190. The van der Waals surface area contributed by atoms with Crippen LogP contribution < -0.4 is 5.56 Å². The average Bonchev–Trinajstić information content (AvgIpc) is 2.93. The fourth-order valence-corrected chi connectivity index (χ4v) is 2.80. The Morgan fingerprint density at radius 2 is 1.92 bits per heavy atom. The molecular weight excluding hydrogens is 370 g/mol. The normalized spacial score (nSPS) is 10.8. The van der Waals surface area contributed by atoms with Gasteiger partial charge in [-0.15, -0.1) is 0 Å². The minimum absolute atomic E-state index is 0.0277. The number of Topliss-reactive ketones (excluding diaryl/α,β-unsaturated/α-hetero) is 1. The van der Waals surface area contributed by atoms with E-state index in [0.717, 1.165) is 15.7 Å². The van der Waals surface area contributed by atoms with E-state index < -0.39 is 0 Å². The molecule has 3 rings (SSSR count). The number of aryl methyl sites for hydroxylation is 1. The number of carbonyl (C=O) groups is 1. The monoisotopic (exact) mass is 385 g/mol. The zero-order chi connectivity index (χ0) is 17.1. The molecule has 0 aliphatic rings. The maximum absolute atomic E-state index is 12.4. The molecule has 24 heavy (non-hydrogen) atoms. The number of carbonyl (C=O) groups excluding carboxylic acids is 1. The first-order valence-corrected chi connectivity index (χ1v) is 8.30. The molecule has 0 radical (unpaired) electrons. The van der Waals surface area contributed by atoms with E-state index in [1.54, 1.807) is 23.0 Å². The molecule has 0 saturated carbocycles.